The summed E-state index contributed by atoms with van der Waals surface area (Å²) in [5.74, 6) is 0.929. The van der Waals surface area contributed by atoms with Crippen LogP contribution in [-0.4, -0.2) is 41.7 Å². The molecule has 1 aromatic rings. The molecule has 0 bridgehead atoms. The van der Waals surface area contributed by atoms with E-state index in [1.165, 1.54) is 12.1 Å². The second kappa shape index (κ2) is 7.80. The number of nitrogens with zero attached hydrogens (tertiary/aromatic N) is 2. The zero-order valence-electron chi connectivity index (χ0n) is 13.4. The number of carbonyl (C=O) groups is 1. The predicted molar refractivity (Wildman–Crippen MR) is 84.5 cm³/mol. The van der Waals surface area contributed by atoms with Crippen molar-refractivity contribution in [1.29, 1.82) is 0 Å². The molecular weight excluding hydrogens is 300 g/mol. The number of piperidine rings is 1. The zero-order valence-corrected chi connectivity index (χ0v) is 13.4. The molecule has 0 aliphatic carbocycles. The Bertz CT molecular complexity index is 536. The number of carbonyl (C=O) groups excluding carboxylic acids is 1. The summed E-state index contributed by atoms with van der Waals surface area (Å²) in [5.41, 5.74) is 0.0417. The Morgan fingerprint density at radius 1 is 1.30 bits per heavy atom. The summed E-state index contributed by atoms with van der Waals surface area (Å²) in [5, 5.41) is 10.6. The van der Waals surface area contributed by atoms with Gasteiger partial charge in [0.05, 0.1) is 11.5 Å². The van der Waals surface area contributed by atoms with Gasteiger partial charge >= 0.3 is 6.09 Å². The second-order valence-corrected chi connectivity index (χ2v) is 6.03. The number of hydrogen-bond acceptors (Lipinski definition) is 5. The van der Waals surface area contributed by atoms with Crippen molar-refractivity contribution < 1.29 is 19.2 Å². The number of non-ortho nitro benzene ring substituents is 1. The summed E-state index contributed by atoms with van der Waals surface area (Å²) in [6.07, 6.45) is 1.17. The van der Waals surface area contributed by atoms with Gasteiger partial charge in [0.2, 0.25) is 0 Å². The van der Waals surface area contributed by atoms with Gasteiger partial charge in [0.25, 0.3) is 5.69 Å². The Kier molecular flexibility index (Phi) is 5.78. The fourth-order valence-corrected chi connectivity index (χ4v) is 2.32. The number of nitro benzene ring substituents is 1. The summed E-state index contributed by atoms with van der Waals surface area (Å²) >= 11 is 0. The van der Waals surface area contributed by atoms with Crippen molar-refractivity contribution in [1.82, 2.24) is 4.90 Å². The highest BCUT2D eigenvalue weighted by atomic mass is 16.6. The normalized spacial score (nSPS) is 15.5. The van der Waals surface area contributed by atoms with Crippen molar-refractivity contribution in [2.45, 2.75) is 32.8 Å². The summed E-state index contributed by atoms with van der Waals surface area (Å²) in [6.45, 7) is 5.61. The van der Waals surface area contributed by atoms with E-state index < -0.39 is 4.92 Å². The highest BCUT2D eigenvalue weighted by molar-refractivity contribution is 5.67. The van der Waals surface area contributed by atoms with Crippen LogP contribution in [-0.2, 0) is 4.74 Å². The molecule has 1 heterocycles. The standard InChI is InChI=1S/C16H22N2O5/c1-12(2)11-22-16(19)17-9-7-15(8-10-17)23-14-5-3-13(4-6-14)18(20)21/h3-6,12,15H,7-11H2,1-2H3. The minimum absolute atomic E-state index is 0.00519. The lowest BCUT2D eigenvalue weighted by molar-refractivity contribution is -0.384. The van der Waals surface area contributed by atoms with Crippen LogP contribution in [0.1, 0.15) is 26.7 Å². The first-order chi connectivity index (χ1) is 11.0. The van der Waals surface area contributed by atoms with E-state index in [0.29, 0.717) is 44.2 Å². The number of hydrogen-bond donors (Lipinski definition) is 0. The Balaban J connectivity index is 1.78. The molecule has 23 heavy (non-hydrogen) atoms. The van der Waals surface area contributed by atoms with Crippen molar-refractivity contribution in [3.63, 3.8) is 0 Å². The molecular formula is C16H22N2O5. The Morgan fingerprint density at radius 2 is 1.91 bits per heavy atom. The Labute approximate surface area is 135 Å². The van der Waals surface area contributed by atoms with Crippen LogP contribution in [0.3, 0.4) is 0 Å². The molecule has 0 unspecified atom stereocenters. The molecule has 7 heteroatoms. The van der Waals surface area contributed by atoms with E-state index in [9.17, 15) is 14.9 Å². The Morgan fingerprint density at radius 3 is 2.43 bits per heavy atom. The molecule has 1 aliphatic rings. The molecule has 0 atom stereocenters. The average molecular weight is 322 g/mol. The van der Waals surface area contributed by atoms with Crippen LogP contribution in [0.2, 0.25) is 0 Å². The number of rotatable bonds is 5. The molecule has 1 amide bonds. The average Bonchev–Trinajstić information content (AvgIpc) is 2.54. The third-order valence-corrected chi connectivity index (χ3v) is 3.59. The van der Waals surface area contributed by atoms with Gasteiger partial charge in [0.15, 0.2) is 0 Å². The van der Waals surface area contributed by atoms with Crippen LogP contribution in [0.4, 0.5) is 10.5 Å². The maximum Gasteiger partial charge on any atom is 0.409 e. The topological polar surface area (TPSA) is 81.9 Å². The summed E-state index contributed by atoms with van der Waals surface area (Å²) in [6, 6.07) is 6.05. The molecule has 126 valence electrons. The lowest BCUT2D eigenvalue weighted by Gasteiger charge is -2.31. The van der Waals surface area contributed by atoms with E-state index in [2.05, 4.69) is 0 Å². The second-order valence-electron chi connectivity index (χ2n) is 6.03. The van der Waals surface area contributed by atoms with E-state index in [4.69, 9.17) is 9.47 Å². The highest BCUT2D eigenvalue weighted by Crippen LogP contribution is 2.22. The molecule has 7 nitrogen and oxygen atoms in total. The number of amides is 1. The number of nitro groups is 1. The van der Waals surface area contributed by atoms with Gasteiger partial charge in [-0.05, 0) is 18.1 Å². The maximum absolute atomic E-state index is 11.9. The fraction of sp³-hybridized carbons (Fsp3) is 0.562. The third kappa shape index (κ3) is 5.12. The molecule has 1 saturated heterocycles. The van der Waals surface area contributed by atoms with Crippen LogP contribution in [0.25, 0.3) is 0 Å². The smallest absolute Gasteiger partial charge is 0.409 e. The van der Waals surface area contributed by atoms with Crippen LogP contribution in [0.5, 0.6) is 5.75 Å². The molecule has 1 fully saturated rings. The molecule has 0 radical (unpaired) electrons. The van der Waals surface area contributed by atoms with Crippen LogP contribution in [0.15, 0.2) is 24.3 Å². The van der Waals surface area contributed by atoms with Crippen molar-refractivity contribution >= 4 is 11.8 Å². The van der Waals surface area contributed by atoms with Gasteiger partial charge in [-0.15, -0.1) is 0 Å². The molecule has 0 saturated carbocycles. The highest BCUT2D eigenvalue weighted by Gasteiger charge is 2.25. The van der Waals surface area contributed by atoms with Crippen molar-refractivity contribution in [2.75, 3.05) is 19.7 Å². The van der Waals surface area contributed by atoms with Gasteiger partial charge in [-0.1, -0.05) is 13.8 Å². The van der Waals surface area contributed by atoms with Crippen LogP contribution >= 0.6 is 0 Å². The quantitative estimate of drug-likeness (QED) is 0.614. The molecule has 1 aliphatic heterocycles. The van der Waals surface area contributed by atoms with Gasteiger partial charge in [-0.25, -0.2) is 4.79 Å². The first-order valence-electron chi connectivity index (χ1n) is 7.78. The summed E-state index contributed by atoms with van der Waals surface area (Å²) in [4.78, 5) is 23.7. The van der Waals surface area contributed by atoms with E-state index >= 15 is 0 Å². The fourth-order valence-electron chi connectivity index (χ4n) is 2.32. The lowest BCUT2D eigenvalue weighted by atomic mass is 10.1. The van der Waals surface area contributed by atoms with Gasteiger partial charge in [-0.3, -0.25) is 10.1 Å². The summed E-state index contributed by atoms with van der Waals surface area (Å²) < 4.78 is 11.0. The van der Waals surface area contributed by atoms with Crippen molar-refractivity contribution in [3.8, 4) is 5.75 Å². The Hall–Kier alpha value is -2.31. The largest absolute Gasteiger partial charge is 0.490 e. The van der Waals surface area contributed by atoms with Crippen LogP contribution < -0.4 is 4.74 Å². The SMILES string of the molecule is CC(C)COC(=O)N1CCC(Oc2ccc([N+](=O)[O-])cc2)CC1. The zero-order chi connectivity index (χ0) is 16.8. The molecule has 0 spiro atoms. The van der Waals surface area contributed by atoms with E-state index in [-0.39, 0.29) is 17.9 Å². The lowest BCUT2D eigenvalue weighted by Crippen LogP contribution is -2.42. The monoisotopic (exact) mass is 322 g/mol. The molecule has 0 N–H and O–H groups in total. The first kappa shape index (κ1) is 17.1. The van der Waals surface area contributed by atoms with E-state index in [1.807, 2.05) is 13.8 Å². The van der Waals surface area contributed by atoms with Gasteiger partial charge < -0.3 is 14.4 Å². The van der Waals surface area contributed by atoms with E-state index in [1.54, 1.807) is 17.0 Å². The molecule has 1 aromatic carbocycles. The third-order valence-electron chi connectivity index (χ3n) is 3.59. The van der Waals surface area contributed by atoms with Crippen molar-refractivity contribution in [2.24, 2.45) is 5.92 Å². The number of likely N-dealkylation sites (tertiary alicyclic amines) is 1. The van der Waals surface area contributed by atoms with Gasteiger partial charge in [-0.2, -0.15) is 0 Å². The summed E-state index contributed by atoms with van der Waals surface area (Å²) in [7, 11) is 0. The molecule has 2 rings (SSSR count). The van der Waals surface area contributed by atoms with E-state index in [0.717, 1.165) is 0 Å². The number of benzene rings is 1. The molecule has 0 aromatic heterocycles. The predicted octanol–water partition coefficient (Wildman–Crippen LogP) is 3.23. The maximum atomic E-state index is 11.9. The van der Waals surface area contributed by atoms with Gasteiger partial charge in [0.1, 0.15) is 11.9 Å². The number of ether oxygens (including phenoxy) is 2. The minimum Gasteiger partial charge on any atom is -0.490 e. The first-order valence-corrected chi connectivity index (χ1v) is 7.78. The minimum atomic E-state index is -0.439. The van der Waals surface area contributed by atoms with Crippen molar-refractivity contribution in [3.05, 3.63) is 34.4 Å². The van der Waals surface area contributed by atoms with Crippen LogP contribution in [0, 0.1) is 16.0 Å². The van der Waals surface area contributed by atoms with Gasteiger partial charge in [0, 0.05) is 38.1 Å².